The molecule has 2 unspecified atom stereocenters. The molecule has 1 heterocycles. The van der Waals surface area contributed by atoms with Crippen LogP contribution in [0.4, 0.5) is 4.39 Å². The fraction of sp³-hybridized carbons (Fsp3) is 1.00. The van der Waals surface area contributed by atoms with Gasteiger partial charge in [0.1, 0.15) is 6.80 Å². The van der Waals surface area contributed by atoms with Crippen molar-refractivity contribution < 1.29 is 4.39 Å². The maximum Gasteiger partial charge on any atom is 0.143 e. The van der Waals surface area contributed by atoms with Crippen LogP contribution in [0.15, 0.2) is 0 Å². The summed E-state index contributed by atoms with van der Waals surface area (Å²) in [6, 6.07) is 0. The predicted octanol–water partition coefficient (Wildman–Crippen LogP) is 2.43. The second-order valence-corrected chi connectivity index (χ2v) is 4.29. The Morgan fingerprint density at radius 1 is 1.08 bits per heavy atom. The standard InChI is InChI=1S/C10H18FN/c11-8-12-6-5-9-3-1-2-4-10(9)7-12/h9-10H,1-8H2. The van der Waals surface area contributed by atoms with Gasteiger partial charge in [0.25, 0.3) is 0 Å². The van der Waals surface area contributed by atoms with Crippen molar-refractivity contribution in [1.82, 2.24) is 4.90 Å². The molecule has 12 heavy (non-hydrogen) atoms. The van der Waals surface area contributed by atoms with Gasteiger partial charge < -0.3 is 0 Å². The zero-order valence-electron chi connectivity index (χ0n) is 7.64. The summed E-state index contributed by atoms with van der Waals surface area (Å²) in [6.07, 6.45) is 6.79. The van der Waals surface area contributed by atoms with Crippen molar-refractivity contribution in [3.8, 4) is 0 Å². The Morgan fingerprint density at radius 2 is 1.83 bits per heavy atom. The average Bonchev–Trinajstić information content (AvgIpc) is 2.17. The SMILES string of the molecule is FCN1CCC2CCCCC2C1. The Kier molecular flexibility index (Phi) is 2.64. The molecule has 1 aliphatic carbocycles. The normalized spacial score (nSPS) is 37.8. The van der Waals surface area contributed by atoms with E-state index in [-0.39, 0.29) is 6.80 Å². The first-order chi connectivity index (χ1) is 5.90. The Hall–Kier alpha value is -0.110. The topological polar surface area (TPSA) is 3.24 Å². The first-order valence-electron chi connectivity index (χ1n) is 5.18. The zero-order valence-corrected chi connectivity index (χ0v) is 7.64. The number of hydrogen-bond donors (Lipinski definition) is 0. The van der Waals surface area contributed by atoms with Gasteiger partial charge in [-0.25, -0.2) is 4.39 Å². The molecular formula is C10H18FN. The number of piperidine rings is 1. The number of fused-ring (bicyclic) bond motifs is 1. The summed E-state index contributed by atoms with van der Waals surface area (Å²) in [6.45, 7) is 1.79. The number of halogens is 1. The summed E-state index contributed by atoms with van der Waals surface area (Å²) in [4.78, 5) is 1.96. The van der Waals surface area contributed by atoms with Crippen LogP contribution in [0, 0.1) is 11.8 Å². The molecule has 2 rings (SSSR count). The van der Waals surface area contributed by atoms with Crippen LogP contribution in [0.1, 0.15) is 32.1 Å². The van der Waals surface area contributed by atoms with Crippen molar-refractivity contribution in [2.24, 2.45) is 11.8 Å². The van der Waals surface area contributed by atoms with E-state index in [0.29, 0.717) is 0 Å². The summed E-state index contributed by atoms with van der Waals surface area (Å²) in [5, 5.41) is 0. The highest BCUT2D eigenvalue weighted by molar-refractivity contribution is 4.82. The lowest BCUT2D eigenvalue weighted by atomic mass is 9.75. The summed E-state index contributed by atoms with van der Waals surface area (Å²) < 4.78 is 12.4. The van der Waals surface area contributed by atoms with E-state index >= 15 is 0 Å². The molecule has 1 saturated heterocycles. The summed E-state index contributed by atoms with van der Waals surface area (Å²) >= 11 is 0. The van der Waals surface area contributed by atoms with E-state index in [0.717, 1.165) is 24.9 Å². The summed E-state index contributed by atoms with van der Waals surface area (Å²) in [5.41, 5.74) is 0. The third-order valence-electron chi connectivity index (χ3n) is 3.54. The van der Waals surface area contributed by atoms with Gasteiger partial charge in [-0.3, -0.25) is 4.90 Å². The van der Waals surface area contributed by atoms with Crippen LogP contribution >= 0.6 is 0 Å². The fourth-order valence-corrected chi connectivity index (χ4v) is 2.78. The van der Waals surface area contributed by atoms with Gasteiger partial charge >= 0.3 is 0 Å². The molecule has 2 aliphatic rings. The van der Waals surface area contributed by atoms with Crippen molar-refractivity contribution in [2.75, 3.05) is 19.9 Å². The van der Waals surface area contributed by atoms with E-state index in [1.165, 1.54) is 32.1 Å². The largest absolute Gasteiger partial charge is 0.276 e. The quantitative estimate of drug-likeness (QED) is 0.548. The zero-order chi connectivity index (χ0) is 8.39. The molecular weight excluding hydrogens is 153 g/mol. The second kappa shape index (κ2) is 3.73. The number of hydrogen-bond acceptors (Lipinski definition) is 1. The van der Waals surface area contributed by atoms with Crippen molar-refractivity contribution in [1.29, 1.82) is 0 Å². The first-order valence-corrected chi connectivity index (χ1v) is 5.18. The van der Waals surface area contributed by atoms with Crippen LogP contribution in [0.2, 0.25) is 0 Å². The molecule has 0 aromatic rings. The third kappa shape index (κ3) is 1.63. The molecule has 0 amide bonds. The number of likely N-dealkylation sites (tertiary alicyclic amines) is 1. The van der Waals surface area contributed by atoms with E-state index in [1.54, 1.807) is 0 Å². The lowest BCUT2D eigenvalue weighted by Crippen LogP contribution is -2.41. The van der Waals surface area contributed by atoms with Crippen LogP contribution in [0.3, 0.4) is 0 Å². The maximum absolute atomic E-state index is 12.4. The Balaban J connectivity index is 1.90. The van der Waals surface area contributed by atoms with Gasteiger partial charge in [-0.15, -0.1) is 0 Å². The van der Waals surface area contributed by atoms with Gasteiger partial charge in [-0.2, -0.15) is 0 Å². The molecule has 2 heteroatoms. The van der Waals surface area contributed by atoms with E-state index in [2.05, 4.69) is 0 Å². The van der Waals surface area contributed by atoms with Crippen LogP contribution in [0.25, 0.3) is 0 Å². The highest BCUT2D eigenvalue weighted by Crippen LogP contribution is 2.35. The molecule has 2 fully saturated rings. The smallest absolute Gasteiger partial charge is 0.143 e. The van der Waals surface area contributed by atoms with Gasteiger partial charge in [0.05, 0.1) is 0 Å². The van der Waals surface area contributed by atoms with Crippen molar-refractivity contribution >= 4 is 0 Å². The fourth-order valence-electron chi connectivity index (χ4n) is 2.78. The minimum Gasteiger partial charge on any atom is -0.276 e. The monoisotopic (exact) mass is 171 g/mol. The molecule has 70 valence electrons. The molecule has 0 bridgehead atoms. The lowest BCUT2D eigenvalue weighted by molar-refractivity contribution is 0.0583. The molecule has 1 nitrogen and oxygen atoms in total. The minimum atomic E-state index is -0.233. The van der Waals surface area contributed by atoms with Crippen molar-refractivity contribution in [2.45, 2.75) is 32.1 Å². The molecule has 1 saturated carbocycles. The molecule has 0 aromatic heterocycles. The lowest BCUT2D eigenvalue weighted by Gasteiger charge is -2.40. The second-order valence-electron chi connectivity index (χ2n) is 4.29. The third-order valence-corrected chi connectivity index (χ3v) is 3.54. The van der Waals surface area contributed by atoms with E-state index in [9.17, 15) is 4.39 Å². The highest BCUT2D eigenvalue weighted by Gasteiger charge is 2.30. The van der Waals surface area contributed by atoms with Crippen molar-refractivity contribution in [3.05, 3.63) is 0 Å². The van der Waals surface area contributed by atoms with Gasteiger partial charge in [0.15, 0.2) is 0 Å². The van der Waals surface area contributed by atoms with Crippen LogP contribution < -0.4 is 0 Å². The van der Waals surface area contributed by atoms with Gasteiger partial charge in [0, 0.05) is 13.1 Å². The molecule has 0 radical (unpaired) electrons. The number of rotatable bonds is 1. The molecule has 0 N–H and O–H groups in total. The molecule has 2 atom stereocenters. The van der Waals surface area contributed by atoms with Gasteiger partial charge in [0.2, 0.25) is 0 Å². The Morgan fingerprint density at radius 3 is 2.58 bits per heavy atom. The molecule has 0 spiro atoms. The minimum absolute atomic E-state index is 0.233. The molecule has 1 aliphatic heterocycles. The molecule has 0 aromatic carbocycles. The summed E-state index contributed by atoms with van der Waals surface area (Å²) in [5.74, 6) is 1.75. The number of alkyl halides is 1. The van der Waals surface area contributed by atoms with E-state index in [1.807, 2.05) is 4.90 Å². The Bertz CT molecular complexity index is 149. The first kappa shape index (κ1) is 8.49. The summed E-state index contributed by atoms with van der Waals surface area (Å²) in [7, 11) is 0. The van der Waals surface area contributed by atoms with Crippen LogP contribution in [0.5, 0.6) is 0 Å². The van der Waals surface area contributed by atoms with Crippen LogP contribution in [-0.4, -0.2) is 24.8 Å². The predicted molar refractivity (Wildman–Crippen MR) is 47.6 cm³/mol. The van der Waals surface area contributed by atoms with E-state index in [4.69, 9.17) is 0 Å². The highest BCUT2D eigenvalue weighted by atomic mass is 19.1. The van der Waals surface area contributed by atoms with Crippen LogP contribution in [-0.2, 0) is 0 Å². The Labute approximate surface area is 73.9 Å². The average molecular weight is 171 g/mol. The van der Waals surface area contributed by atoms with Crippen molar-refractivity contribution in [3.63, 3.8) is 0 Å². The van der Waals surface area contributed by atoms with Gasteiger partial charge in [-0.1, -0.05) is 19.3 Å². The van der Waals surface area contributed by atoms with E-state index < -0.39 is 0 Å². The number of nitrogens with zero attached hydrogens (tertiary/aromatic N) is 1. The maximum atomic E-state index is 12.4. The van der Waals surface area contributed by atoms with Gasteiger partial charge in [-0.05, 0) is 24.7 Å².